The van der Waals surface area contributed by atoms with Crippen LogP contribution in [-0.2, 0) is 0 Å². The van der Waals surface area contributed by atoms with Gasteiger partial charge in [0.2, 0.25) is 0 Å². The van der Waals surface area contributed by atoms with Crippen molar-refractivity contribution in [2.75, 3.05) is 0 Å². The third-order valence-corrected chi connectivity index (χ3v) is 4.09. The summed E-state index contributed by atoms with van der Waals surface area (Å²) in [5, 5.41) is 0. The Kier molecular flexibility index (Phi) is 3.15. The minimum absolute atomic E-state index is 0.0147. The fourth-order valence-corrected chi connectivity index (χ4v) is 3.35. The molecule has 0 saturated heterocycles. The molecular weight excluding hydrogens is 255 g/mol. The van der Waals surface area contributed by atoms with Crippen LogP contribution in [0.5, 0.6) is 0 Å². The number of halogens is 2. The normalized spacial score (nSPS) is 25.9. The van der Waals surface area contributed by atoms with E-state index in [1.807, 2.05) is 13.8 Å². The van der Waals surface area contributed by atoms with Crippen LogP contribution in [0, 0.1) is 19.7 Å². The third kappa shape index (κ3) is 2.25. The van der Waals surface area contributed by atoms with Crippen molar-refractivity contribution < 1.29 is 4.39 Å². The van der Waals surface area contributed by atoms with E-state index in [9.17, 15) is 4.39 Å². The summed E-state index contributed by atoms with van der Waals surface area (Å²) in [4.78, 5) is 0.572. The van der Waals surface area contributed by atoms with Gasteiger partial charge in [0.1, 0.15) is 5.82 Å². The van der Waals surface area contributed by atoms with Crippen molar-refractivity contribution in [2.45, 2.75) is 43.9 Å². The standard InChI is InChI=1S/C13H16BrF/c1-8-5-9(2)13(12(15)6-8)10-3-4-11(14)7-10/h5-6,10-11H,3-4,7H2,1-2H3. The Morgan fingerprint density at radius 3 is 2.53 bits per heavy atom. The van der Waals surface area contributed by atoms with Gasteiger partial charge in [-0.2, -0.15) is 0 Å². The molecule has 0 amide bonds. The summed E-state index contributed by atoms with van der Waals surface area (Å²) in [7, 11) is 0. The van der Waals surface area contributed by atoms with Crippen molar-refractivity contribution in [3.63, 3.8) is 0 Å². The molecule has 0 heterocycles. The smallest absolute Gasteiger partial charge is 0.127 e. The molecule has 1 fully saturated rings. The molecule has 0 spiro atoms. The summed E-state index contributed by atoms with van der Waals surface area (Å²) < 4.78 is 13.9. The first-order valence-corrected chi connectivity index (χ1v) is 6.40. The average Bonchev–Trinajstić information content (AvgIpc) is 2.49. The Labute approximate surface area is 99.0 Å². The molecule has 0 aliphatic heterocycles. The van der Waals surface area contributed by atoms with E-state index in [-0.39, 0.29) is 5.82 Å². The van der Waals surface area contributed by atoms with Gasteiger partial charge in [-0.1, -0.05) is 22.0 Å². The van der Waals surface area contributed by atoms with E-state index in [0.717, 1.165) is 36.0 Å². The Bertz CT molecular complexity index is 350. The molecule has 1 aliphatic carbocycles. The van der Waals surface area contributed by atoms with Crippen LogP contribution in [0.4, 0.5) is 4.39 Å². The molecule has 82 valence electrons. The maximum atomic E-state index is 13.9. The molecule has 1 aliphatic rings. The van der Waals surface area contributed by atoms with E-state index in [4.69, 9.17) is 0 Å². The number of rotatable bonds is 1. The molecule has 2 heteroatoms. The van der Waals surface area contributed by atoms with Gasteiger partial charge in [-0.25, -0.2) is 4.39 Å². The second-order valence-electron chi connectivity index (χ2n) is 4.58. The van der Waals surface area contributed by atoms with Crippen molar-refractivity contribution in [3.8, 4) is 0 Å². The van der Waals surface area contributed by atoms with Crippen LogP contribution < -0.4 is 0 Å². The molecule has 15 heavy (non-hydrogen) atoms. The molecule has 2 rings (SSSR count). The molecule has 2 atom stereocenters. The lowest BCUT2D eigenvalue weighted by Gasteiger charge is -2.15. The van der Waals surface area contributed by atoms with Gasteiger partial charge in [-0.15, -0.1) is 0 Å². The number of hydrogen-bond acceptors (Lipinski definition) is 0. The lowest BCUT2D eigenvalue weighted by Crippen LogP contribution is -2.02. The third-order valence-electron chi connectivity index (χ3n) is 3.26. The Balaban J connectivity index is 2.35. The first-order chi connectivity index (χ1) is 7.08. The molecule has 0 radical (unpaired) electrons. The molecule has 1 aromatic carbocycles. The monoisotopic (exact) mass is 270 g/mol. The second kappa shape index (κ2) is 4.25. The lowest BCUT2D eigenvalue weighted by atomic mass is 9.92. The maximum absolute atomic E-state index is 13.9. The van der Waals surface area contributed by atoms with Crippen LogP contribution in [0.25, 0.3) is 0 Å². The van der Waals surface area contributed by atoms with Crippen molar-refractivity contribution >= 4 is 15.9 Å². The van der Waals surface area contributed by atoms with Gasteiger partial charge < -0.3 is 0 Å². The van der Waals surface area contributed by atoms with Crippen molar-refractivity contribution in [3.05, 3.63) is 34.6 Å². The van der Waals surface area contributed by atoms with E-state index in [1.54, 1.807) is 6.07 Å². The van der Waals surface area contributed by atoms with Crippen molar-refractivity contribution in [1.29, 1.82) is 0 Å². The van der Waals surface area contributed by atoms with E-state index >= 15 is 0 Å². The number of benzene rings is 1. The van der Waals surface area contributed by atoms with Gasteiger partial charge >= 0.3 is 0 Å². The van der Waals surface area contributed by atoms with Gasteiger partial charge in [0, 0.05) is 4.83 Å². The number of hydrogen-bond donors (Lipinski definition) is 0. The number of alkyl halides is 1. The fraction of sp³-hybridized carbons (Fsp3) is 0.538. The van der Waals surface area contributed by atoms with Crippen LogP contribution in [0.3, 0.4) is 0 Å². The van der Waals surface area contributed by atoms with E-state index in [2.05, 4.69) is 22.0 Å². The van der Waals surface area contributed by atoms with Crippen molar-refractivity contribution in [2.24, 2.45) is 0 Å². The predicted molar refractivity (Wildman–Crippen MR) is 65.2 cm³/mol. The Hall–Kier alpha value is -0.370. The summed E-state index contributed by atoms with van der Waals surface area (Å²) in [6.07, 6.45) is 3.34. The largest absolute Gasteiger partial charge is 0.207 e. The minimum Gasteiger partial charge on any atom is -0.207 e. The summed E-state index contributed by atoms with van der Waals surface area (Å²) in [6, 6.07) is 3.74. The van der Waals surface area contributed by atoms with Crippen LogP contribution in [0.1, 0.15) is 41.9 Å². The Morgan fingerprint density at radius 2 is 2.00 bits per heavy atom. The van der Waals surface area contributed by atoms with Gasteiger partial charge in [0.15, 0.2) is 0 Å². The van der Waals surface area contributed by atoms with Crippen LogP contribution >= 0.6 is 15.9 Å². The first-order valence-electron chi connectivity index (χ1n) is 5.48. The topological polar surface area (TPSA) is 0 Å². The molecule has 1 saturated carbocycles. The summed E-state index contributed by atoms with van der Waals surface area (Å²) in [5.74, 6) is 0.397. The highest BCUT2D eigenvalue weighted by atomic mass is 79.9. The first kappa shape index (κ1) is 11.1. The maximum Gasteiger partial charge on any atom is 0.127 e. The zero-order chi connectivity index (χ0) is 11.0. The van der Waals surface area contributed by atoms with Crippen molar-refractivity contribution in [1.82, 2.24) is 0 Å². The van der Waals surface area contributed by atoms with Crippen LogP contribution in [-0.4, -0.2) is 4.83 Å². The van der Waals surface area contributed by atoms with Gasteiger partial charge in [-0.05, 0) is 61.8 Å². The second-order valence-corrected chi connectivity index (χ2v) is 5.88. The highest BCUT2D eigenvalue weighted by molar-refractivity contribution is 9.09. The SMILES string of the molecule is Cc1cc(C)c(C2CCC(Br)C2)c(F)c1. The predicted octanol–water partition coefficient (Wildman–Crippen LogP) is 4.47. The van der Waals surface area contributed by atoms with E-state index in [1.165, 1.54) is 0 Å². The fourth-order valence-electron chi connectivity index (χ4n) is 2.63. The number of aryl methyl sites for hydroxylation is 2. The summed E-state index contributed by atoms with van der Waals surface area (Å²) >= 11 is 3.62. The zero-order valence-corrected chi connectivity index (χ0v) is 10.8. The van der Waals surface area contributed by atoms with Gasteiger partial charge in [0.05, 0.1) is 0 Å². The Morgan fingerprint density at radius 1 is 1.27 bits per heavy atom. The molecular formula is C13H16BrF. The van der Waals surface area contributed by atoms with Gasteiger partial charge in [-0.3, -0.25) is 0 Å². The summed E-state index contributed by atoms with van der Waals surface area (Å²) in [5.41, 5.74) is 3.07. The van der Waals surface area contributed by atoms with Crippen LogP contribution in [0.2, 0.25) is 0 Å². The lowest BCUT2D eigenvalue weighted by molar-refractivity contribution is 0.576. The van der Waals surface area contributed by atoms with E-state index < -0.39 is 0 Å². The van der Waals surface area contributed by atoms with Gasteiger partial charge in [0.25, 0.3) is 0 Å². The molecule has 2 unspecified atom stereocenters. The molecule has 0 N–H and O–H groups in total. The molecule has 0 nitrogen and oxygen atoms in total. The van der Waals surface area contributed by atoms with Crippen LogP contribution in [0.15, 0.2) is 12.1 Å². The molecule has 1 aromatic rings. The average molecular weight is 271 g/mol. The van der Waals surface area contributed by atoms with E-state index in [0.29, 0.717) is 10.7 Å². The highest BCUT2D eigenvalue weighted by Gasteiger charge is 2.27. The molecule has 0 bridgehead atoms. The highest BCUT2D eigenvalue weighted by Crippen LogP contribution is 2.40. The molecule has 0 aromatic heterocycles. The zero-order valence-electron chi connectivity index (χ0n) is 9.19. The minimum atomic E-state index is -0.0147. The summed E-state index contributed by atoms with van der Waals surface area (Å²) in [6.45, 7) is 3.97. The quantitative estimate of drug-likeness (QED) is 0.661.